The summed E-state index contributed by atoms with van der Waals surface area (Å²) in [6.45, 7) is 1.17. The molecule has 0 atom stereocenters. The number of nitrogens with two attached hydrogens (primary N) is 1. The molecule has 4 rings (SSSR count). The number of ether oxygens (including phenoxy) is 2. The summed E-state index contributed by atoms with van der Waals surface area (Å²) in [5.74, 6) is 7.80. The van der Waals surface area contributed by atoms with E-state index in [2.05, 4.69) is 11.5 Å². The van der Waals surface area contributed by atoms with Gasteiger partial charge < -0.3 is 14.9 Å². The topological polar surface area (TPSA) is 69.4 Å². The summed E-state index contributed by atoms with van der Waals surface area (Å²) in [4.78, 5) is 4.84. The molecule has 2 aliphatic rings. The highest BCUT2D eigenvalue weighted by molar-refractivity contribution is 5.93. The molecular formula is C16H19N3O2. The van der Waals surface area contributed by atoms with Gasteiger partial charge in [0.05, 0.1) is 11.2 Å². The van der Waals surface area contributed by atoms with Crippen LogP contribution >= 0.6 is 0 Å². The summed E-state index contributed by atoms with van der Waals surface area (Å²) in [6, 6.07) is 6.00. The number of benzene rings is 1. The van der Waals surface area contributed by atoms with Crippen molar-refractivity contribution in [1.29, 1.82) is 0 Å². The number of pyridine rings is 1. The molecule has 2 aromatic rings. The first-order chi connectivity index (χ1) is 10.3. The predicted molar refractivity (Wildman–Crippen MR) is 81.8 cm³/mol. The molecule has 1 aliphatic carbocycles. The van der Waals surface area contributed by atoms with E-state index in [1.165, 1.54) is 25.7 Å². The van der Waals surface area contributed by atoms with Crippen molar-refractivity contribution in [2.75, 3.05) is 18.6 Å². The molecule has 110 valence electrons. The van der Waals surface area contributed by atoms with Crippen molar-refractivity contribution in [2.45, 2.75) is 31.6 Å². The molecule has 0 bridgehead atoms. The minimum absolute atomic E-state index is 0.551. The molecule has 1 fully saturated rings. The van der Waals surface area contributed by atoms with Gasteiger partial charge in [-0.05, 0) is 25.0 Å². The number of hydrogen-bond donors (Lipinski definition) is 2. The van der Waals surface area contributed by atoms with Crippen LogP contribution in [0.1, 0.15) is 37.3 Å². The van der Waals surface area contributed by atoms with Crippen LogP contribution in [0.2, 0.25) is 0 Å². The summed E-state index contributed by atoms with van der Waals surface area (Å²) < 4.78 is 11.3. The quantitative estimate of drug-likeness (QED) is 0.656. The molecular weight excluding hydrogens is 266 g/mol. The average Bonchev–Trinajstić information content (AvgIpc) is 3.06. The van der Waals surface area contributed by atoms with Gasteiger partial charge in [-0.3, -0.25) is 10.8 Å². The normalized spacial score (nSPS) is 18.1. The number of anilines is 1. The smallest absolute Gasteiger partial charge is 0.163 e. The van der Waals surface area contributed by atoms with Gasteiger partial charge in [0.15, 0.2) is 11.5 Å². The zero-order valence-corrected chi connectivity index (χ0v) is 11.9. The van der Waals surface area contributed by atoms with E-state index in [1.54, 1.807) is 0 Å². The molecule has 0 saturated heterocycles. The van der Waals surface area contributed by atoms with Gasteiger partial charge in [0.25, 0.3) is 0 Å². The van der Waals surface area contributed by atoms with Gasteiger partial charge in [-0.1, -0.05) is 12.8 Å². The Morgan fingerprint density at radius 1 is 1.05 bits per heavy atom. The number of rotatable bonds is 2. The minimum atomic E-state index is 0.551. The standard InChI is InChI=1S/C16H19N3O2/c17-19-14-8-12(10-3-1-2-4-10)18-13-9-16-15(7-11(13)14)20-5-6-21-16/h7-10H,1-6,17H2,(H,18,19). The van der Waals surface area contributed by atoms with Gasteiger partial charge in [0.1, 0.15) is 13.2 Å². The molecule has 3 N–H and O–H groups in total. The first-order valence-corrected chi connectivity index (χ1v) is 7.56. The fourth-order valence-corrected chi connectivity index (χ4v) is 3.33. The lowest BCUT2D eigenvalue weighted by molar-refractivity contribution is 0.172. The van der Waals surface area contributed by atoms with Gasteiger partial charge in [-0.15, -0.1) is 0 Å². The Balaban J connectivity index is 1.87. The largest absolute Gasteiger partial charge is 0.486 e. The zero-order chi connectivity index (χ0) is 14.2. The van der Waals surface area contributed by atoms with Crippen LogP contribution in [0.5, 0.6) is 11.5 Å². The Morgan fingerprint density at radius 2 is 1.76 bits per heavy atom. The second-order valence-electron chi connectivity index (χ2n) is 5.73. The number of hydrazine groups is 1. The number of fused-ring (bicyclic) bond motifs is 2. The Labute approximate surface area is 123 Å². The van der Waals surface area contributed by atoms with Crippen molar-refractivity contribution < 1.29 is 9.47 Å². The van der Waals surface area contributed by atoms with Crippen LogP contribution in [-0.2, 0) is 0 Å². The lowest BCUT2D eigenvalue weighted by Gasteiger charge is -2.20. The first kappa shape index (κ1) is 12.7. The number of nitrogen functional groups attached to an aromatic ring is 1. The van der Waals surface area contributed by atoms with Crippen LogP contribution in [0.4, 0.5) is 5.69 Å². The number of hydrogen-bond acceptors (Lipinski definition) is 5. The average molecular weight is 285 g/mol. The number of aromatic nitrogens is 1. The van der Waals surface area contributed by atoms with E-state index in [1.807, 2.05) is 12.1 Å². The summed E-state index contributed by atoms with van der Waals surface area (Å²) in [5.41, 5.74) is 5.75. The Kier molecular flexibility index (Phi) is 3.07. The molecule has 1 aliphatic heterocycles. The monoisotopic (exact) mass is 285 g/mol. The maximum absolute atomic E-state index is 5.71. The SMILES string of the molecule is NNc1cc(C2CCCC2)nc2cc3c(cc12)OCCO3. The Bertz CT molecular complexity index is 681. The molecule has 0 radical (unpaired) electrons. The molecule has 0 spiro atoms. The van der Waals surface area contributed by atoms with E-state index in [-0.39, 0.29) is 0 Å². The number of nitrogens with one attached hydrogen (secondary N) is 1. The van der Waals surface area contributed by atoms with Gasteiger partial charge >= 0.3 is 0 Å². The van der Waals surface area contributed by atoms with Crippen LogP contribution in [-0.4, -0.2) is 18.2 Å². The van der Waals surface area contributed by atoms with Gasteiger partial charge in [0.2, 0.25) is 0 Å². The highest BCUT2D eigenvalue weighted by Crippen LogP contribution is 2.39. The van der Waals surface area contributed by atoms with Crippen LogP contribution in [0.3, 0.4) is 0 Å². The van der Waals surface area contributed by atoms with Crippen molar-refractivity contribution >= 4 is 16.6 Å². The molecule has 1 aromatic carbocycles. The van der Waals surface area contributed by atoms with Crippen molar-refractivity contribution in [1.82, 2.24) is 4.98 Å². The van der Waals surface area contributed by atoms with Crippen molar-refractivity contribution in [3.05, 3.63) is 23.9 Å². The van der Waals surface area contributed by atoms with E-state index in [4.69, 9.17) is 20.3 Å². The maximum Gasteiger partial charge on any atom is 0.163 e. The predicted octanol–water partition coefficient (Wildman–Crippen LogP) is 2.95. The van der Waals surface area contributed by atoms with E-state index >= 15 is 0 Å². The molecule has 0 amide bonds. The third-order valence-electron chi connectivity index (χ3n) is 4.42. The first-order valence-electron chi connectivity index (χ1n) is 7.56. The van der Waals surface area contributed by atoms with E-state index < -0.39 is 0 Å². The lowest BCUT2D eigenvalue weighted by Crippen LogP contribution is -2.15. The van der Waals surface area contributed by atoms with Crippen LogP contribution in [0, 0.1) is 0 Å². The van der Waals surface area contributed by atoms with Crippen molar-refractivity contribution in [3.63, 3.8) is 0 Å². The fourth-order valence-electron chi connectivity index (χ4n) is 3.33. The fraction of sp³-hybridized carbons (Fsp3) is 0.438. The molecule has 1 aromatic heterocycles. The van der Waals surface area contributed by atoms with Crippen LogP contribution in [0.25, 0.3) is 10.9 Å². The highest BCUT2D eigenvalue weighted by atomic mass is 16.6. The van der Waals surface area contributed by atoms with Gasteiger partial charge in [-0.2, -0.15) is 0 Å². The van der Waals surface area contributed by atoms with Crippen molar-refractivity contribution in [3.8, 4) is 11.5 Å². The molecule has 2 heterocycles. The molecule has 1 saturated carbocycles. The molecule has 5 heteroatoms. The third kappa shape index (κ3) is 2.17. The van der Waals surface area contributed by atoms with E-state index in [0.29, 0.717) is 19.1 Å². The zero-order valence-electron chi connectivity index (χ0n) is 11.9. The Morgan fingerprint density at radius 3 is 2.48 bits per heavy atom. The summed E-state index contributed by atoms with van der Waals surface area (Å²) in [6.07, 6.45) is 5.01. The van der Waals surface area contributed by atoms with Gasteiger partial charge in [0, 0.05) is 23.1 Å². The molecule has 21 heavy (non-hydrogen) atoms. The summed E-state index contributed by atoms with van der Waals surface area (Å²) in [7, 11) is 0. The second-order valence-corrected chi connectivity index (χ2v) is 5.73. The second kappa shape index (κ2) is 5.07. The Hall–Kier alpha value is -2.01. The molecule has 0 unspecified atom stereocenters. The van der Waals surface area contributed by atoms with Crippen LogP contribution in [0.15, 0.2) is 18.2 Å². The maximum atomic E-state index is 5.71. The van der Waals surface area contributed by atoms with Crippen molar-refractivity contribution in [2.24, 2.45) is 5.84 Å². The highest BCUT2D eigenvalue weighted by Gasteiger charge is 2.21. The third-order valence-corrected chi connectivity index (χ3v) is 4.42. The number of nitrogens with zero attached hydrogens (tertiary/aromatic N) is 1. The summed E-state index contributed by atoms with van der Waals surface area (Å²) in [5, 5.41) is 0.975. The molecule has 5 nitrogen and oxygen atoms in total. The lowest BCUT2D eigenvalue weighted by atomic mass is 10.0. The van der Waals surface area contributed by atoms with E-state index in [0.717, 1.165) is 33.8 Å². The van der Waals surface area contributed by atoms with Crippen LogP contribution < -0.4 is 20.7 Å². The summed E-state index contributed by atoms with van der Waals surface area (Å²) >= 11 is 0. The van der Waals surface area contributed by atoms with E-state index in [9.17, 15) is 0 Å². The van der Waals surface area contributed by atoms with Gasteiger partial charge in [-0.25, -0.2) is 0 Å². The minimum Gasteiger partial charge on any atom is -0.486 e.